The molecule has 1 aromatic heterocycles. The van der Waals surface area contributed by atoms with Gasteiger partial charge in [0.15, 0.2) is 0 Å². The molecule has 4 rings (SSSR count). The lowest BCUT2D eigenvalue weighted by Crippen LogP contribution is -2.50. The molecule has 3 heterocycles. The van der Waals surface area contributed by atoms with Crippen LogP contribution < -0.4 is 4.90 Å². The van der Waals surface area contributed by atoms with Crippen LogP contribution in [0.15, 0.2) is 48.7 Å². The molecule has 0 N–H and O–H groups in total. The lowest BCUT2D eigenvalue weighted by molar-refractivity contribution is -0.137. The lowest BCUT2D eigenvalue weighted by Gasteiger charge is -2.39. The Morgan fingerprint density at radius 3 is 2.59 bits per heavy atom. The van der Waals surface area contributed by atoms with E-state index in [1.54, 1.807) is 4.90 Å². The van der Waals surface area contributed by atoms with E-state index >= 15 is 0 Å². The Labute approximate surface area is 168 Å². The zero-order valence-corrected chi connectivity index (χ0v) is 16.1. The molecule has 2 aromatic rings. The quantitative estimate of drug-likeness (QED) is 0.769. The summed E-state index contributed by atoms with van der Waals surface area (Å²) in [4.78, 5) is 20.5. The number of carbonyl (C=O) groups is 1. The second kappa shape index (κ2) is 8.05. The summed E-state index contributed by atoms with van der Waals surface area (Å²) in [7, 11) is 0. The number of aryl methyl sites for hydroxylation is 1. The molecule has 7 heteroatoms. The van der Waals surface area contributed by atoms with Crippen LogP contribution in [-0.4, -0.2) is 41.5 Å². The largest absolute Gasteiger partial charge is 0.419 e. The van der Waals surface area contributed by atoms with E-state index in [0.29, 0.717) is 38.4 Å². The molecule has 4 nitrogen and oxygen atoms in total. The van der Waals surface area contributed by atoms with Crippen molar-refractivity contribution < 1.29 is 18.0 Å². The highest BCUT2D eigenvalue weighted by Gasteiger charge is 2.43. The molecule has 0 saturated carbocycles. The summed E-state index contributed by atoms with van der Waals surface area (Å²) >= 11 is 0. The van der Waals surface area contributed by atoms with Crippen molar-refractivity contribution in [3.05, 3.63) is 59.8 Å². The Kier molecular flexibility index (Phi) is 5.48. The summed E-state index contributed by atoms with van der Waals surface area (Å²) in [5.74, 6) is 0.410. The van der Waals surface area contributed by atoms with Gasteiger partial charge in [0, 0.05) is 32.3 Å². The van der Waals surface area contributed by atoms with E-state index in [1.807, 2.05) is 35.2 Å². The van der Waals surface area contributed by atoms with E-state index in [4.69, 9.17) is 0 Å². The Morgan fingerprint density at radius 2 is 1.83 bits per heavy atom. The topological polar surface area (TPSA) is 36.4 Å². The molecular formula is C22H24F3N3O. The van der Waals surface area contributed by atoms with Crippen LogP contribution in [0.2, 0.25) is 0 Å². The number of rotatable bonds is 4. The zero-order chi connectivity index (χ0) is 20.4. The molecule has 0 spiro atoms. The van der Waals surface area contributed by atoms with Crippen molar-refractivity contribution >= 4 is 11.7 Å². The average Bonchev–Trinajstić information content (AvgIpc) is 3.15. The molecule has 2 atom stereocenters. The van der Waals surface area contributed by atoms with Gasteiger partial charge in [0.25, 0.3) is 0 Å². The summed E-state index contributed by atoms with van der Waals surface area (Å²) in [5, 5.41) is 0. The maximum Gasteiger partial charge on any atom is 0.419 e. The van der Waals surface area contributed by atoms with Gasteiger partial charge in [-0.2, -0.15) is 13.2 Å². The van der Waals surface area contributed by atoms with E-state index < -0.39 is 11.7 Å². The van der Waals surface area contributed by atoms with Crippen LogP contribution in [0.25, 0.3) is 0 Å². The van der Waals surface area contributed by atoms with E-state index in [9.17, 15) is 18.0 Å². The second-order valence-corrected chi connectivity index (χ2v) is 7.80. The molecule has 1 amide bonds. The van der Waals surface area contributed by atoms with Crippen LogP contribution in [0.1, 0.15) is 30.4 Å². The van der Waals surface area contributed by atoms with E-state index in [1.165, 1.54) is 12.3 Å². The monoisotopic (exact) mass is 403 g/mol. The molecule has 1 aromatic carbocycles. The number of alkyl halides is 3. The van der Waals surface area contributed by atoms with Crippen LogP contribution in [0.4, 0.5) is 19.0 Å². The van der Waals surface area contributed by atoms with Gasteiger partial charge in [0.05, 0.1) is 11.6 Å². The zero-order valence-electron chi connectivity index (χ0n) is 16.1. The number of nitrogens with zero attached hydrogens (tertiary/aromatic N) is 3. The van der Waals surface area contributed by atoms with Crippen LogP contribution in [-0.2, 0) is 17.4 Å². The van der Waals surface area contributed by atoms with E-state index in [2.05, 4.69) is 4.98 Å². The van der Waals surface area contributed by atoms with Crippen molar-refractivity contribution in [2.75, 3.05) is 24.5 Å². The first-order valence-electron chi connectivity index (χ1n) is 10.0. The third kappa shape index (κ3) is 4.23. The van der Waals surface area contributed by atoms with Crippen LogP contribution >= 0.6 is 0 Å². The van der Waals surface area contributed by atoms with Crippen LogP contribution in [0.3, 0.4) is 0 Å². The minimum absolute atomic E-state index is 0.0259. The standard InChI is InChI=1S/C22H24F3N3O/c23-22(24,25)18-7-4-12-26-21(18)27-13-10-17-11-14-28(19(17)15-27)20(29)9-8-16-5-2-1-3-6-16/h1-7,12,17,19H,8-11,13-15H2. The van der Waals surface area contributed by atoms with Crippen molar-refractivity contribution in [2.45, 2.75) is 37.9 Å². The number of anilines is 1. The number of hydrogen-bond acceptors (Lipinski definition) is 3. The van der Waals surface area contributed by atoms with Crippen LogP contribution in [0.5, 0.6) is 0 Å². The van der Waals surface area contributed by atoms with Gasteiger partial charge in [-0.25, -0.2) is 4.98 Å². The number of likely N-dealkylation sites (tertiary alicyclic amines) is 1. The molecule has 2 unspecified atom stereocenters. The second-order valence-electron chi connectivity index (χ2n) is 7.80. The predicted molar refractivity (Wildman–Crippen MR) is 104 cm³/mol. The number of hydrogen-bond donors (Lipinski definition) is 0. The smallest absolute Gasteiger partial charge is 0.354 e. The summed E-state index contributed by atoms with van der Waals surface area (Å²) < 4.78 is 40.2. The first kappa shape index (κ1) is 19.7. The lowest BCUT2D eigenvalue weighted by atomic mass is 9.91. The molecule has 0 bridgehead atoms. The van der Waals surface area contributed by atoms with Crippen LogP contribution in [0, 0.1) is 5.92 Å². The molecule has 2 fully saturated rings. The summed E-state index contributed by atoms with van der Waals surface area (Å²) in [5.41, 5.74) is 0.406. The number of pyridine rings is 1. The normalized spacial score (nSPS) is 21.9. The molecule has 29 heavy (non-hydrogen) atoms. The predicted octanol–water partition coefficient (Wildman–Crippen LogP) is 4.16. The van der Waals surface area contributed by atoms with Gasteiger partial charge in [0.2, 0.25) is 5.91 Å². The average molecular weight is 403 g/mol. The number of halogens is 3. The van der Waals surface area contributed by atoms with Crippen molar-refractivity contribution in [3.63, 3.8) is 0 Å². The molecule has 0 aliphatic carbocycles. The number of aromatic nitrogens is 1. The van der Waals surface area contributed by atoms with Gasteiger partial charge in [-0.15, -0.1) is 0 Å². The third-order valence-corrected chi connectivity index (χ3v) is 6.04. The number of fused-ring (bicyclic) bond motifs is 1. The fraction of sp³-hybridized carbons (Fsp3) is 0.455. The Bertz CT molecular complexity index is 856. The third-order valence-electron chi connectivity index (χ3n) is 6.04. The minimum atomic E-state index is -4.44. The Hall–Kier alpha value is -2.57. The highest BCUT2D eigenvalue weighted by molar-refractivity contribution is 5.77. The first-order chi connectivity index (χ1) is 13.9. The molecular weight excluding hydrogens is 379 g/mol. The van der Waals surface area contributed by atoms with Gasteiger partial charge in [-0.05, 0) is 42.9 Å². The number of amides is 1. The molecule has 154 valence electrons. The fourth-order valence-electron chi connectivity index (χ4n) is 4.55. The van der Waals surface area contributed by atoms with Gasteiger partial charge >= 0.3 is 6.18 Å². The van der Waals surface area contributed by atoms with Gasteiger partial charge in [0.1, 0.15) is 5.82 Å². The van der Waals surface area contributed by atoms with E-state index in [-0.39, 0.29) is 17.8 Å². The summed E-state index contributed by atoms with van der Waals surface area (Å²) in [6, 6.07) is 12.2. The molecule has 2 aliphatic heterocycles. The molecule has 2 aliphatic rings. The Morgan fingerprint density at radius 1 is 1.07 bits per heavy atom. The number of carbonyl (C=O) groups excluding carboxylic acids is 1. The van der Waals surface area contributed by atoms with Gasteiger partial charge in [-0.1, -0.05) is 30.3 Å². The van der Waals surface area contributed by atoms with E-state index in [0.717, 1.165) is 24.5 Å². The molecule has 2 saturated heterocycles. The fourth-order valence-corrected chi connectivity index (χ4v) is 4.55. The summed E-state index contributed by atoms with van der Waals surface area (Å²) in [6.07, 6.45) is -0.249. The van der Waals surface area contributed by atoms with Crippen molar-refractivity contribution in [1.82, 2.24) is 9.88 Å². The first-order valence-corrected chi connectivity index (χ1v) is 10.0. The van der Waals surface area contributed by atoms with Crippen molar-refractivity contribution in [2.24, 2.45) is 5.92 Å². The minimum Gasteiger partial charge on any atom is -0.354 e. The summed E-state index contributed by atoms with van der Waals surface area (Å²) in [6.45, 7) is 1.63. The van der Waals surface area contributed by atoms with Crippen molar-refractivity contribution in [1.29, 1.82) is 0 Å². The highest BCUT2D eigenvalue weighted by atomic mass is 19.4. The van der Waals surface area contributed by atoms with Crippen molar-refractivity contribution in [3.8, 4) is 0 Å². The maximum absolute atomic E-state index is 13.4. The molecule has 0 radical (unpaired) electrons. The Balaban J connectivity index is 1.46. The highest BCUT2D eigenvalue weighted by Crippen LogP contribution is 2.39. The SMILES string of the molecule is O=C(CCc1ccccc1)N1CCC2CCN(c3ncccc3C(F)(F)F)CC21. The van der Waals surface area contributed by atoms with Gasteiger partial charge in [-0.3, -0.25) is 4.79 Å². The maximum atomic E-state index is 13.4. The number of piperidine rings is 1. The van der Waals surface area contributed by atoms with Gasteiger partial charge < -0.3 is 9.80 Å². The number of benzene rings is 1.